The molecule has 0 aliphatic carbocycles. The average molecular weight is 707 g/mol. The smallest absolute Gasteiger partial charge is 0.272 e. The van der Waals surface area contributed by atoms with Crippen molar-refractivity contribution in [1.29, 1.82) is 0 Å². The topological polar surface area (TPSA) is 113 Å². The highest BCUT2D eigenvalue weighted by atomic mass is 32.2. The van der Waals surface area contributed by atoms with Gasteiger partial charge in [0.05, 0.1) is 12.0 Å². The average Bonchev–Trinajstić information content (AvgIpc) is 3.87. The van der Waals surface area contributed by atoms with Gasteiger partial charge >= 0.3 is 0 Å². The van der Waals surface area contributed by atoms with E-state index in [1.165, 1.54) is 35.4 Å². The summed E-state index contributed by atoms with van der Waals surface area (Å²) in [6.45, 7) is 0. The number of anilines is 2. The van der Waals surface area contributed by atoms with E-state index in [9.17, 15) is 14.4 Å². The van der Waals surface area contributed by atoms with Gasteiger partial charge in [0, 0.05) is 33.2 Å². The Morgan fingerprint density at radius 3 is 2.29 bits per heavy atom. The van der Waals surface area contributed by atoms with Crippen LogP contribution >= 0.6 is 23.1 Å². The summed E-state index contributed by atoms with van der Waals surface area (Å²) in [6, 6.07) is 43.1. The van der Waals surface area contributed by atoms with Crippen molar-refractivity contribution in [3.63, 3.8) is 0 Å². The molecule has 0 aliphatic heterocycles. The Labute approximate surface area is 302 Å². The van der Waals surface area contributed by atoms with Gasteiger partial charge in [-0.15, -0.1) is 23.1 Å². The molecule has 0 radical (unpaired) electrons. The first-order chi connectivity index (χ1) is 25.0. The molecule has 7 rings (SSSR count). The molecule has 0 saturated carbocycles. The van der Waals surface area contributed by atoms with Crippen LogP contribution in [0.2, 0.25) is 0 Å². The normalized spacial score (nSPS) is 11.9. The second kappa shape index (κ2) is 15.5. The van der Waals surface area contributed by atoms with Gasteiger partial charge in [0.2, 0.25) is 5.91 Å². The summed E-state index contributed by atoms with van der Waals surface area (Å²) >= 11 is 2.72. The number of benzene rings is 5. The Hall–Kier alpha value is -6.23. The number of thioether (sulfide) groups is 1. The maximum Gasteiger partial charge on any atom is 0.272 e. The molecule has 5 aromatic carbocycles. The lowest BCUT2D eigenvalue weighted by molar-refractivity contribution is -0.116. The van der Waals surface area contributed by atoms with Crippen LogP contribution in [0.25, 0.3) is 28.1 Å². The Kier molecular flexibility index (Phi) is 10.1. The van der Waals surface area contributed by atoms with Crippen LogP contribution < -0.4 is 16.0 Å². The van der Waals surface area contributed by atoms with E-state index in [4.69, 9.17) is 9.40 Å². The van der Waals surface area contributed by atoms with Crippen molar-refractivity contribution in [3.8, 4) is 11.3 Å². The summed E-state index contributed by atoms with van der Waals surface area (Å²) < 4.78 is 5.41. The molecule has 0 aliphatic rings. The lowest BCUT2D eigenvalue weighted by Gasteiger charge is -2.17. The summed E-state index contributed by atoms with van der Waals surface area (Å²) in [5, 5.41) is 12.7. The summed E-state index contributed by atoms with van der Waals surface area (Å²) in [5.74, 6) is -0.804. The van der Waals surface area contributed by atoms with E-state index in [2.05, 4.69) is 40.2 Å². The van der Waals surface area contributed by atoms with E-state index in [0.717, 1.165) is 32.5 Å². The number of fused-ring (bicyclic) bond motifs is 1. The molecule has 1 unspecified atom stereocenters. The van der Waals surface area contributed by atoms with Gasteiger partial charge in [0.15, 0.2) is 5.13 Å². The van der Waals surface area contributed by atoms with Gasteiger partial charge in [-0.05, 0) is 64.9 Å². The van der Waals surface area contributed by atoms with Crippen molar-refractivity contribution in [2.75, 3.05) is 10.6 Å². The lowest BCUT2D eigenvalue weighted by atomic mass is 10.1. The van der Waals surface area contributed by atoms with Crippen LogP contribution in [0, 0.1) is 0 Å². The molecule has 0 fully saturated rings. The quantitative estimate of drug-likeness (QED) is 0.0913. The molecule has 2 aromatic heterocycles. The van der Waals surface area contributed by atoms with Gasteiger partial charge in [0.25, 0.3) is 11.8 Å². The second-order valence-corrected chi connectivity index (χ2v) is 13.4. The van der Waals surface area contributed by atoms with Crippen LogP contribution in [0.4, 0.5) is 10.8 Å². The van der Waals surface area contributed by atoms with Crippen LogP contribution in [0.15, 0.2) is 166 Å². The van der Waals surface area contributed by atoms with Gasteiger partial charge in [-0.3, -0.25) is 14.4 Å². The van der Waals surface area contributed by atoms with E-state index in [-0.39, 0.29) is 11.6 Å². The monoisotopic (exact) mass is 706 g/mol. The SMILES string of the molecule is O=C(Nc1cccc(SC(C(=O)Nc2nc(-c3ccc4ccccc4c3)cs2)c2ccccc2)c1)/C(=C/c1ccco1)NC(=O)c1ccccc1. The summed E-state index contributed by atoms with van der Waals surface area (Å²) in [6.07, 6.45) is 2.95. The molecule has 0 spiro atoms. The molecular weight excluding hydrogens is 677 g/mol. The molecule has 8 nitrogen and oxygen atoms in total. The van der Waals surface area contributed by atoms with E-state index in [0.29, 0.717) is 22.1 Å². The Morgan fingerprint density at radius 2 is 1.51 bits per heavy atom. The number of amides is 3. The number of aromatic nitrogens is 1. The third-order valence-electron chi connectivity index (χ3n) is 7.82. The predicted molar refractivity (Wildman–Crippen MR) is 204 cm³/mol. The minimum Gasteiger partial charge on any atom is -0.465 e. The molecule has 3 N–H and O–H groups in total. The number of hydrogen-bond acceptors (Lipinski definition) is 7. The lowest BCUT2D eigenvalue weighted by Crippen LogP contribution is -2.30. The first-order valence-electron chi connectivity index (χ1n) is 16.0. The van der Waals surface area contributed by atoms with Crippen molar-refractivity contribution in [1.82, 2.24) is 10.3 Å². The zero-order chi connectivity index (χ0) is 35.0. The van der Waals surface area contributed by atoms with Gasteiger partial charge in [-0.2, -0.15) is 0 Å². The van der Waals surface area contributed by atoms with Crippen LogP contribution in [0.1, 0.15) is 26.9 Å². The predicted octanol–water partition coefficient (Wildman–Crippen LogP) is 9.44. The van der Waals surface area contributed by atoms with Crippen molar-refractivity contribution in [2.24, 2.45) is 0 Å². The number of hydrogen-bond donors (Lipinski definition) is 3. The Bertz CT molecular complexity index is 2340. The first kappa shape index (κ1) is 33.3. The van der Waals surface area contributed by atoms with Gasteiger partial charge in [-0.25, -0.2) is 4.98 Å². The number of nitrogens with one attached hydrogen (secondary N) is 3. The Balaban J connectivity index is 1.08. The fourth-order valence-electron chi connectivity index (χ4n) is 5.32. The summed E-state index contributed by atoms with van der Waals surface area (Å²) in [7, 11) is 0. The fraction of sp³-hybridized carbons (Fsp3) is 0.0244. The van der Waals surface area contributed by atoms with Crippen molar-refractivity contribution in [3.05, 3.63) is 174 Å². The molecule has 2 heterocycles. The van der Waals surface area contributed by atoms with Crippen LogP contribution in [-0.4, -0.2) is 22.7 Å². The van der Waals surface area contributed by atoms with Gasteiger partial charge in [-0.1, -0.05) is 91.0 Å². The van der Waals surface area contributed by atoms with Crippen molar-refractivity contribution in [2.45, 2.75) is 10.1 Å². The van der Waals surface area contributed by atoms with Crippen molar-refractivity contribution < 1.29 is 18.8 Å². The number of rotatable bonds is 11. The minimum atomic E-state index is -0.621. The number of nitrogens with zero attached hydrogens (tertiary/aromatic N) is 1. The second-order valence-electron chi connectivity index (χ2n) is 11.4. The third kappa shape index (κ3) is 8.33. The zero-order valence-electron chi connectivity index (χ0n) is 27.0. The van der Waals surface area contributed by atoms with E-state index in [1.54, 1.807) is 54.6 Å². The highest BCUT2D eigenvalue weighted by Gasteiger charge is 2.24. The highest BCUT2D eigenvalue weighted by molar-refractivity contribution is 8.00. The van der Waals surface area contributed by atoms with Crippen LogP contribution in [0.5, 0.6) is 0 Å². The number of carbonyl (C=O) groups excluding carboxylic acids is 3. The molecule has 7 aromatic rings. The summed E-state index contributed by atoms with van der Waals surface area (Å²) in [5.41, 5.74) is 3.46. The van der Waals surface area contributed by atoms with E-state index >= 15 is 0 Å². The maximum atomic E-state index is 13.9. The largest absolute Gasteiger partial charge is 0.465 e. The molecule has 3 amide bonds. The molecule has 250 valence electrons. The zero-order valence-corrected chi connectivity index (χ0v) is 28.6. The maximum absolute atomic E-state index is 13.9. The van der Waals surface area contributed by atoms with Gasteiger partial charge < -0.3 is 20.4 Å². The molecule has 0 saturated heterocycles. The molecule has 51 heavy (non-hydrogen) atoms. The van der Waals surface area contributed by atoms with Crippen molar-refractivity contribution >= 4 is 68.5 Å². The highest BCUT2D eigenvalue weighted by Crippen LogP contribution is 2.38. The third-order valence-corrected chi connectivity index (χ3v) is 9.83. The number of thiazole rings is 1. The minimum absolute atomic E-state index is 0.00454. The number of carbonyl (C=O) groups is 3. The first-order valence-corrected chi connectivity index (χ1v) is 17.7. The van der Waals surface area contributed by atoms with E-state index < -0.39 is 17.1 Å². The molecule has 0 bridgehead atoms. The molecule has 10 heteroatoms. The van der Waals surface area contributed by atoms with E-state index in [1.807, 2.05) is 66.0 Å². The molecular formula is C41H30N4O4S2. The summed E-state index contributed by atoms with van der Waals surface area (Å²) in [4.78, 5) is 45.8. The number of furan rings is 1. The van der Waals surface area contributed by atoms with Crippen LogP contribution in [-0.2, 0) is 9.59 Å². The molecule has 1 atom stereocenters. The van der Waals surface area contributed by atoms with Crippen LogP contribution in [0.3, 0.4) is 0 Å². The standard InChI is InChI=1S/C41H30N4O4S2/c46-38(29-14-5-2-6-15-29)43-35(25-33-18-10-22-49-33)39(47)42-32-17-9-19-34(24-32)51-37(28-12-3-1-4-13-28)40(48)45-41-44-36(26-50-41)31-21-20-27-11-7-8-16-30(27)23-31/h1-26,37H,(H,42,47)(H,43,46)(H,44,45,48)/b35-25-. The fourth-order valence-corrected chi connectivity index (χ4v) is 7.13. The van der Waals surface area contributed by atoms with Gasteiger partial charge in [0.1, 0.15) is 16.7 Å². The Morgan fingerprint density at radius 1 is 0.745 bits per heavy atom.